The minimum atomic E-state index is -0.0597. The highest BCUT2D eigenvalue weighted by Crippen LogP contribution is 2.24. The number of hydrogen-bond acceptors (Lipinski definition) is 5. The van der Waals surface area contributed by atoms with Crippen molar-refractivity contribution < 1.29 is 9.59 Å². The largest absolute Gasteiger partial charge is 0.348 e. The number of benzene rings is 1. The maximum Gasteiger partial charge on any atom is 0.223 e. The predicted molar refractivity (Wildman–Crippen MR) is 124 cm³/mol. The van der Waals surface area contributed by atoms with Gasteiger partial charge in [-0.05, 0) is 36.0 Å². The first-order chi connectivity index (χ1) is 15.1. The van der Waals surface area contributed by atoms with Gasteiger partial charge in [0, 0.05) is 63.5 Å². The molecule has 1 atom stereocenters. The third kappa shape index (κ3) is 5.93. The molecule has 2 aromatic rings. The SMILES string of the molecule is CN1CCN(CC(NC(=O)CCC(=O)N2CCc3sccc3C2)c2ccccc2)CC1. The molecule has 1 unspecified atom stereocenters. The van der Waals surface area contributed by atoms with E-state index in [9.17, 15) is 9.59 Å². The first kappa shape index (κ1) is 22.0. The standard InChI is InChI=1S/C24H32N4O2S/c1-26-12-14-27(15-13-26)18-21(19-5-3-2-4-6-19)25-23(29)7-8-24(30)28-11-9-22-20(17-28)10-16-31-22/h2-6,10,16,21H,7-9,11-15,17-18H2,1H3,(H,25,29). The van der Waals surface area contributed by atoms with Gasteiger partial charge >= 0.3 is 0 Å². The molecule has 0 spiro atoms. The Hall–Kier alpha value is -2.22. The van der Waals surface area contributed by atoms with Gasteiger partial charge < -0.3 is 15.1 Å². The molecule has 2 aliphatic rings. The Balaban J connectivity index is 1.30. The number of amides is 2. The molecule has 0 saturated carbocycles. The number of nitrogens with one attached hydrogen (secondary N) is 1. The van der Waals surface area contributed by atoms with Crippen molar-refractivity contribution in [3.05, 3.63) is 57.8 Å². The fourth-order valence-electron chi connectivity index (χ4n) is 4.31. The molecule has 6 nitrogen and oxygen atoms in total. The van der Waals surface area contributed by atoms with Gasteiger partial charge in [0.05, 0.1) is 6.04 Å². The van der Waals surface area contributed by atoms with Crippen molar-refractivity contribution in [2.45, 2.75) is 31.8 Å². The van der Waals surface area contributed by atoms with Crippen LogP contribution in [0.15, 0.2) is 41.8 Å². The van der Waals surface area contributed by atoms with Crippen LogP contribution in [-0.4, -0.2) is 72.8 Å². The minimum absolute atomic E-state index is 0.0513. The van der Waals surface area contributed by atoms with Gasteiger partial charge in [-0.2, -0.15) is 0 Å². The van der Waals surface area contributed by atoms with E-state index >= 15 is 0 Å². The van der Waals surface area contributed by atoms with Gasteiger partial charge in [0.25, 0.3) is 0 Å². The Bertz CT molecular complexity index is 877. The smallest absolute Gasteiger partial charge is 0.223 e. The quantitative estimate of drug-likeness (QED) is 0.719. The lowest BCUT2D eigenvalue weighted by molar-refractivity contribution is -0.134. The average molecular weight is 441 g/mol. The van der Waals surface area contributed by atoms with Crippen molar-refractivity contribution in [3.63, 3.8) is 0 Å². The van der Waals surface area contributed by atoms with E-state index in [-0.39, 0.29) is 30.7 Å². The Kier molecular flexibility index (Phi) is 7.37. The lowest BCUT2D eigenvalue weighted by atomic mass is 10.1. The van der Waals surface area contributed by atoms with E-state index in [0.717, 1.165) is 51.3 Å². The number of fused-ring (bicyclic) bond motifs is 1. The van der Waals surface area contributed by atoms with Crippen molar-refractivity contribution in [2.24, 2.45) is 0 Å². The molecule has 0 bridgehead atoms. The molecule has 1 fully saturated rings. The molecule has 0 aliphatic carbocycles. The summed E-state index contributed by atoms with van der Waals surface area (Å²) in [6.07, 6.45) is 1.42. The molecule has 4 rings (SSSR count). The number of hydrogen-bond donors (Lipinski definition) is 1. The van der Waals surface area contributed by atoms with Crippen LogP contribution >= 0.6 is 11.3 Å². The van der Waals surface area contributed by atoms with E-state index < -0.39 is 0 Å². The van der Waals surface area contributed by atoms with Gasteiger partial charge in [0.1, 0.15) is 0 Å². The van der Waals surface area contributed by atoms with E-state index in [1.807, 2.05) is 23.1 Å². The highest BCUT2D eigenvalue weighted by Gasteiger charge is 2.24. The second-order valence-electron chi connectivity index (χ2n) is 8.57. The third-order valence-corrected chi connectivity index (χ3v) is 7.32. The average Bonchev–Trinajstić information content (AvgIpc) is 3.27. The summed E-state index contributed by atoms with van der Waals surface area (Å²) >= 11 is 1.77. The lowest BCUT2D eigenvalue weighted by Crippen LogP contribution is -2.48. The molecule has 31 heavy (non-hydrogen) atoms. The summed E-state index contributed by atoms with van der Waals surface area (Å²) in [5, 5.41) is 5.29. The normalized spacial score (nSPS) is 18.4. The molecule has 0 radical (unpaired) electrons. The number of piperazine rings is 1. The highest BCUT2D eigenvalue weighted by molar-refractivity contribution is 7.10. The van der Waals surface area contributed by atoms with Gasteiger partial charge in [-0.25, -0.2) is 0 Å². The zero-order chi connectivity index (χ0) is 21.6. The van der Waals surface area contributed by atoms with Crippen LogP contribution in [0, 0.1) is 0 Å². The Labute approximate surface area is 188 Å². The van der Waals surface area contributed by atoms with Gasteiger partial charge in [-0.1, -0.05) is 30.3 Å². The fourth-order valence-corrected chi connectivity index (χ4v) is 5.20. The van der Waals surface area contributed by atoms with Crippen molar-refractivity contribution in [3.8, 4) is 0 Å². The molecule has 1 aromatic heterocycles. The number of nitrogens with zero attached hydrogens (tertiary/aromatic N) is 3. The number of rotatable bonds is 7. The van der Waals surface area contributed by atoms with Crippen LogP contribution in [0.1, 0.15) is 34.9 Å². The maximum absolute atomic E-state index is 12.8. The molecule has 7 heteroatoms. The molecular formula is C24H32N4O2S. The number of carbonyl (C=O) groups excluding carboxylic acids is 2. The van der Waals surface area contributed by atoms with Crippen LogP contribution in [0.25, 0.3) is 0 Å². The summed E-state index contributed by atoms with van der Waals surface area (Å²) < 4.78 is 0. The summed E-state index contributed by atoms with van der Waals surface area (Å²) in [6, 6.07) is 12.2. The van der Waals surface area contributed by atoms with Crippen LogP contribution in [0.2, 0.25) is 0 Å². The molecule has 3 heterocycles. The Morgan fingerprint density at radius 2 is 1.81 bits per heavy atom. The summed E-state index contributed by atoms with van der Waals surface area (Å²) in [5.74, 6) is 0.0203. The second-order valence-corrected chi connectivity index (χ2v) is 9.57. The van der Waals surface area contributed by atoms with Gasteiger partial charge in [-0.3, -0.25) is 14.5 Å². The van der Waals surface area contributed by atoms with Crippen LogP contribution in [-0.2, 0) is 22.6 Å². The monoisotopic (exact) mass is 440 g/mol. The van der Waals surface area contributed by atoms with Crippen molar-refractivity contribution in [2.75, 3.05) is 46.3 Å². The summed E-state index contributed by atoms with van der Waals surface area (Å²) in [6.45, 7) is 6.34. The molecular weight excluding hydrogens is 408 g/mol. The third-order valence-electron chi connectivity index (χ3n) is 6.30. The van der Waals surface area contributed by atoms with Gasteiger partial charge in [-0.15, -0.1) is 11.3 Å². The molecule has 1 N–H and O–H groups in total. The molecule has 2 aliphatic heterocycles. The van der Waals surface area contributed by atoms with E-state index in [2.05, 4.69) is 45.7 Å². The second kappa shape index (κ2) is 10.4. The van der Waals surface area contributed by atoms with Crippen molar-refractivity contribution in [1.82, 2.24) is 20.0 Å². The van der Waals surface area contributed by atoms with Crippen molar-refractivity contribution >= 4 is 23.2 Å². The van der Waals surface area contributed by atoms with Crippen LogP contribution in [0.4, 0.5) is 0 Å². The zero-order valence-corrected chi connectivity index (χ0v) is 19.1. The molecule has 1 aromatic carbocycles. The molecule has 166 valence electrons. The van der Waals surface area contributed by atoms with Crippen LogP contribution in [0.5, 0.6) is 0 Å². The molecule has 1 saturated heterocycles. The highest BCUT2D eigenvalue weighted by atomic mass is 32.1. The minimum Gasteiger partial charge on any atom is -0.348 e. The lowest BCUT2D eigenvalue weighted by Gasteiger charge is -2.35. The van der Waals surface area contributed by atoms with Crippen LogP contribution < -0.4 is 5.32 Å². The fraction of sp³-hybridized carbons (Fsp3) is 0.500. The van der Waals surface area contributed by atoms with E-state index in [1.54, 1.807) is 11.3 Å². The van der Waals surface area contributed by atoms with Gasteiger partial charge in [0.15, 0.2) is 0 Å². The first-order valence-corrected chi connectivity index (χ1v) is 12.0. The van der Waals surface area contributed by atoms with E-state index in [4.69, 9.17) is 0 Å². The van der Waals surface area contributed by atoms with E-state index in [1.165, 1.54) is 10.4 Å². The Morgan fingerprint density at radius 3 is 2.58 bits per heavy atom. The van der Waals surface area contributed by atoms with Crippen molar-refractivity contribution in [1.29, 1.82) is 0 Å². The zero-order valence-electron chi connectivity index (χ0n) is 18.3. The van der Waals surface area contributed by atoms with Gasteiger partial charge in [0.2, 0.25) is 11.8 Å². The predicted octanol–water partition coefficient (Wildman–Crippen LogP) is 2.52. The van der Waals surface area contributed by atoms with Crippen LogP contribution in [0.3, 0.4) is 0 Å². The summed E-state index contributed by atoms with van der Waals surface area (Å²) in [7, 11) is 2.15. The number of likely N-dealkylation sites (N-methyl/N-ethyl adjacent to an activating group) is 1. The summed E-state index contributed by atoms with van der Waals surface area (Å²) in [4.78, 5) is 33.5. The number of thiophene rings is 1. The van der Waals surface area contributed by atoms with E-state index in [0.29, 0.717) is 6.54 Å². The first-order valence-electron chi connectivity index (χ1n) is 11.2. The topological polar surface area (TPSA) is 55.9 Å². The summed E-state index contributed by atoms with van der Waals surface area (Å²) in [5.41, 5.74) is 2.37. The maximum atomic E-state index is 12.8. The molecule has 2 amide bonds. The Morgan fingerprint density at radius 1 is 1.03 bits per heavy atom. The number of carbonyl (C=O) groups is 2.